The van der Waals surface area contributed by atoms with Gasteiger partial charge in [0.15, 0.2) is 12.4 Å². The molecule has 0 heterocycles. The number of nitrogens with one attached hydrogen (secondary N) is 1. The molecule has 0 aliphatic rings. The Hall–Kier alpha value is -0.830. The van der Waals surface area contributed by atoms with Crippen LogP contribution in [0.1, 0.15) is 13.8 Å². The van der Waals surface area contributed by atoms with Crippen molar-refractivity contribution in [2.24, 2.45) is 0 Å². The molecular formula is C10H21N3OP+. The Labute approximate surface area is 93.6 Å². The lowest BCUT2D eigenvalue weighted by Crippen LogP contribution is -2.07. The molecule has 1 N–H and O–H groups in total. The van der Waals surface area contributed by atoms with Gasteiger partial charge in [-0.3, -0.25) is 0 Å². The first-order chi connectivity index (χ1) is 7.10. The molecule has 86 valence electrons. The van der Waals surface area contributed by atoms with Crippen molar-refractivity contribution in [3.63, 3.8) is 0 Å². The van der Waals surface area contributed by atoms with Gasteiger partial charge in [0.25, 0.3) is 0 Å². The van der Waals surface area contributed by atoms with Crippen LogP contribution < -0.4 is 5.32 Å². The Kier molecular flexibility index (Phi) is 12.4. The quantitative estimate of drug-likeness (QED) is 0.444. The van der Waals surface area contributed by atoms with E-state index in [0.717, 1.165) is 6.61 Å². The van der Waals surface area contributed by atoms with Crippen LogP contribution in [0.4, 0.5) is 0 Å². The SMILES string of the molecule is CC[P+](C)(CC)CCOC.N#CNC#N. The second kappa shape index (κ2) is 11.2. The first kappa shape index (κ1) is 16.6. The highest BCUT2D eigenvalue weighted by molar-refractivity contribution is 7.75. The molecule has 0 atom stereocenters. The van der Waals surface area contributed by atoms with Gasteiger partial charge in [0.1, 0.15) is 0 Å². The van der Waals surface area contributed by atoms with E-state index in [1.54, 1.807) is 12.4 Å². The van der Waals surface area contributed by atoms with Crippen LogP contribution in [0.5, 0.6) is 0 Å². The maximum absolute atomic E-state index is 7.48. The summed E-state index contributed by atoms with van der Waals surface area (Å²) in [5.41, 5.74) is 0. The fraction of sp³-hybridized carbons (Fsp3) is 0.800. The van der Waals surface area contributed by atoms with Crippen molar-refractivity contribution in [2.75, 3.05) is 38.9 Å². The highest BCUT2D eigenvalue weighted by Crippen LogP contribution is 2.53. The summed E-state index contributed by atoms with van der Waals surface area (Å²) in [5, 5.41) is 16.7. The van der Waals surface area contributed by atoms with Gasteiger partial charge in [-0.05, 0) is 13.8 Å². The maximum Gasteiger partial charge on any atom is 0.190 e. The Bertz CT molecular complexity index is 204. The van der Waals surface area contributed by atoms with Crippen molar-refractivity contribution in [1.82, 2.24) is 5.32 Å². The standard InChI is InChI=1S/C8H20OP.C2HN3/c1-5-10(4,6-2)8-7-9-3;3-1-5-2-4/h5-8H2,1-4H3;5H/q+1;. The minimum absolute atomic E-state index is 0.573. The van der Waals surface area contributed by atoms with Gasteiger partial charge in [-0.1, -0.05) is 0 Å². The largest absolute Gasteiger partial charge is 0.381 e. The summed E-state index contributed by atoms with van der Waals surface area (Å²) >= 11 is 0. The molecule has 0 aromatic heterocycles. The molecule has 0 unspecified atom stereocenters. The highest BCUT2D eigenvalue weighted by Gasteiger charge is 2.25. The molecule has 0 aliphatic carbocycles. The van der Waals surface area contributed by atoms with Crippen LogP contribution in [-0.4, -0.2) is 38.9 Å². The average molecular weight is 230 g/mol. The number of nitriles is 2. The topological polar surface area (TPSA) is 68.8 Å². The molecule has 0 amide bonds. The van der Waals surface area contributed by atoms with Gasteiger partial charge in [-0.15, -0.1) is 0 Å². The second-order valence-electron chi connectivity index (χ2n) is 3.32. The minimum Gasteiger partial charge on any atom is -0.381 e. The van der Waals surface area contributed by atoms with Crippen LogP contribution in [0, 0.1) is 22.9 Å². The summed E-state index contributed by atoms with van der Waals surface area (Å²) in [6.07, 6.45) is 6.85. The fourth-order valence-electron chi connectivity index (χ4n) is 0.877. The Morgan fingerprint density at radius 3 is 1.87 bits per heavy atom. The van der Waals surface area contributed by atoms with Crippen LogP contribution in [0.2, 0.25) is 0 Å². The molecular weight excluding hydrogens is 209 g/mol. The van der Waals surface area contributed by atoms with Crippen LogP contribution in [-0.2, 0) is 4.74 Å². The van der Waals surface area contributed by atoms with Gasteiger partial charge in [-0.2, -0.15) is 10.5 Å². The van der Waals surface area contributed by atoms with Crippen molar-refractivity contribution < 1.29 is 4.74 Å². The number of nitrogens with zero attached hydrogens (tertiary/aromatic N) is 2. The predicted octanol–water partition coefficient (Wildman–Crippen LogP) is 1.86. The summed E-state index contributed by atoms with van der Waals surface area (Å²) in [6.45, 7) is 7.98. The number of rotatable bonds is 5. The zero-order valence-electron chi connectivity index (χ0n) is 10.1. The number of hydrogen-bond donors (Lipinski definition) is 1. The molecule has 5 heteroatoms. The molecule has 0 bridgehead atoms. The Morgan fingerprint density at radius 2 is 1.67 bits per heavy atom. The van der Waals surface area contributed by atoms with Crippen LogP contribution in [0.25, 0.3) is 0 Å². The number of hydrogen-bond acceptors (Lipinski definition) is 4. The molecule has 0 radical (unpaired) electrons. The number of ether oxygens (including phenoxy) is 1. The summed E-state index contributed by atoms with van der Waals surface area (Å²) in [5.74, 6) is 0. The van der Waals surface area contributed by atoms with Gasteiger partial charge < -0.3 is 4.74 Å². The normalized spacial score (nSPS) is 9.20. The molecule has 0 aliphatic heterocycles. The van der Waals surface area contributed by atoms with Gasteiger partial charge in [0.05, 0.1) is 25.1 Å². The third kappa shape index (κ3) is 11.1. The summed E-state index contributed by atoms with van der Waals surface area (Å²) in [6, 6.07) is 0. The van der Waals surface area contributed by atoms with E-state index in [-0.39, 0.29) is 0 Å². The molecule has 0 fully saturated rings. The second-order valence-corrected chi connectivity index (χ2v) is 8.27. The average Bonchev–Trinajstić information content (AvgIpc) is 2.28. The van der Waals surface area contributed by atoms with Crippen LogP contribution in [0.15, 0.2) is 0 Å². The van der Waals surface area contributed by atoms with E-state index < -0.39 is 7.26 Å². The predicted molar refractivity (Wildman–Crippen MR) is 65.0 cm³/mol. The zero-order chi connectivity index (χ0) is 12.2. The minimum atomic E-state index is -0.573. The summed E-state index contributed by atoms with van der Waals surface area (Å²) in [7, 11) is 1.21. The first-order valence-corrected chi connectivity index (χ1v) is 7.75. The van der Waals surface area contributed by atoms with Gasteiger partial charge in [0.2, 0.25) is 0 Å². The molecule has 15 heavy (non-hydrogen) atoms. The smallest absolute Gasteiger partial charge is 0.190 e. The maximum atomic E-state index is 7.48. The molecule has 0 aromatic carbocycles. The molecule has 0 rings (SSSR count). The van der Waals surface area contributed by atoms with Gasteiger partial charge in [0, 0.05) is 21.0 Å². The van der Waals surface area contributed by atoms with Crippen molar-refractivity contribution in [1.29, 1.82) is 10.5 Å². The van der Waals surface area contributed by atoms with E-state index in [0.29, 0.717) is 0 Å². The Balaban J connectivity index is 0. The lowest BCUT2D eigenvalue weighted by Gasteiger charge is -2.18. The third-order valence-electron chi connectivity index (χ3n) is 2.47. The third-order valence-corrected chi connectivity index (χ3v) is 6.79. The van der Waals surface area contributed by atoms with Crippen molar-refractivity contribution in [2.45, 2.75) is 13.8 Å². The van der Waals surface area contributed by atoms with E-state index in [4.69, 9.17) is 15.3 Å². The first-order valence-electron chi connectivity index (χ1n) is 4.95. The van der Waals surface area contributed by atoms with Crippen molar-refractivity contribution >= 4 is 7.26 Å². The van der Waals surface area contributed by atoms with E-state index in [1.165, 1.54) is 30.9 Å². The van der Waals surface area contributed by atoms with E-state index >= 15 is 0 Å². The van der Waals surface area contributed by atoms with E-state index in [1.807, 2.05) is 0 Å². The van der Waals surface area contributed by atoms with Crippen LogP contribution >= 0.6 is 7.26 Å². The molecule has 0 aromatic rings. The van der Waals surface area contributed by atoms with Gasteiger partial charge >= 0.3 is 0 Å². The van der Waals surface area contributed by atoms with Crippen molar-refractivity contribution in [3.05, 3.63) is 0 Å². The van der Waals surface area contributed by atoms with Gasteiger partial charge in [-0.25, -0.2) is 5.32 Å². The molecule has 0 spiro atoms. The molecule has 4 nitrogen and oxygen atoms in total. The number of methoxy groups -OCH3 is 1. The Morgan fingerprint density at radius 1 is 1.20 bits per heavy atom. The monoisotopic (exact) mass is 230 g/mol. The summed E-state index contributed by atoms with van der Waals surface area (Å²) < 4.78 is 5.07. The highest BCUT2D eigenvalue weighted by atomic mass is 31.2. The molecule has 0 saturated carbocycles. The van der Waals surface area contributed by atoms with E-state index in [9.17, 15) is 0 Å². The molecule has 0 saturated heterocycles. The fourth-order valence-corrected chi connectivity index (χ4v) is 2.58. The summed E-state index contributed by atoms with van der Waals surface area (Å²) in [4.78, 5) is 0. The lowest BCUT2D eigenvalue weighted by atomic mass is 10.9. The van der Waals surface area contributed by atoms with Crippen molar-refractivity contribution in [3.8, 4) is 12.4 Å². The van der Waals surface area contributed by atoms with Crippen LogP contribution in [0.3, 0.4) is 0 Å². The zero-order valence-corrected chi connectivity index (χ0v) is 11.0. The van der Waals surface area contributed by atoms with E-state index in [2.05, 4.69) is 20.5 Å². The lowest BCUT2D eigenvalue weighted by molar-refractivity contribution is 0.217.